The van der Waals surface area contributed by atoms with Crippen molar-refractivity contribution in [3.8, 4) is 0 Å². The maximum Gasteiger partial charge on any atom is 0.511 e. The molecular formula is C17H31N3O5. The summed E-state index contributed by atoms with van der Waals surface area (Å²) in [5.74, 6) is -0.380. The van der Waals surface area contributed by atoms with Gasteiger partial charge in [0.05, 0.1) is 13.2 Å². The van der Waals surface area contributed by atoms with Crippen molar-refractivity contribution in [2.75, 3.05) is 59.5 Å². The summed E-state index contributed by atoms with van der Waals surface area (Å²) in [5.41, 5.74) is 0. The molecule has 8 heteroatoms. The van der Waals surface area contributed by atoms with Crippen molar-refractivity contribution in [2.45, 2.75) is 39.0 Å². The quantitative estimate of drug-likeness (QED) is 0.510. The van der Waals surface area contributed by atoms with Crippen LogP contribution in [-0.4, -0.2) is 98.6 Å². The standard InChI is InChI=1S/C17H31N3O5/c1-4-23-17(22)25-14(2)24-16(21)13-19-7-5-15(6-8-19)20-11-9-18(3)10-12-20/h14-15H,4-13H2,1-3H3. The molecule has 8 nitrogen and oxygen atoms in total. The molecule has 2 aliphatic rings. The largest absolute Gasteiger partial charge is 0.511 e. The third-order valence-corrected chi connectivity index (χ3v) is 4.79. The van der Waals surface area contributed by atoms with Gasteiger partial charge in [-0.1, -0.05) is 0 Å². The van der Waals surface area contributed by atoms with Crippen LogP contribution in [0.2, 0.25) is 0 Å². The average molecular weight is 357 g/mol. The number of ether oxygens (including phenoxy) is 3. The number of carbonyl (C=O) groups is 2. The van der Waals surface area contributed by atoms with Gasteiger partial charge in [-0.25, -0.2) is 4.79 Å². The summed E-state index contributed by atoms with van der Waals surface area (Å²) in [6.45, 7) is 9.94. The Balaban J connectivity index is 1.64. The molecule has 0 aromatic rings. The maximum atomic E-state index is 12.0. The highest BCUT2D eigenvalue weighted by atomic mass is 16.8. The van der Waals surface area contributed by atoms with Crippen LogP contribution in [0.25, 0.3) is 0 Å². The lowest BCUT2D eigenvalue weighted by Crippen LogP contribution is -2.52. The smallest absolute Gasteiger partial charge is 0.435 e. The Morgan fingerprint density at radius 2 is 1.68 bits per heavy atom. The number of nitrogens with zero attached hydrogens (tertiary/aromatic N) is 3. The number of piperazine rings is 1. The van der Waals surface area contributed by atoms with Crippen molar-refractivity contribution in [1.29, 1.82) is 0 Å². The molecule has 2 fully saturated rings. The lowest BCUT2D eigenvalue weighted by atomic mass is 10.0. The topological polar surface area (TPSA) is 71.5 Å². The molecule has 0 aliphatic carbocycles. The first-order valence-electron chi connectivity index (χ1n) is 9.15. The summed E-state index contributed by atoms with van der Waals surface area (Å²) in [6.07, 6.45) is 0.391. The van der Waals surface area contributed by atoms with Gasteiger partial charge >= 0.3 is 12.1 Å². The average Bonchev–Trinajstić information content (AvgIpc) is 2.56. The van der Waals surface area contributed by atoms with E-state index in [0.29, 0.717) is 6.04 Å². The second-order valence-electron chi connectivity index (χ2n) is 6.70. The number of carbonyl (C=O) groups excluding carboxylic acids is 2. The molecule has 0 aromatic carbocycles. The van der Waals surface area contributed by atoms with Gasteiger partial charge in [0, 0.05) is 52.2 Å². The summed E-state index contributed by atoms with van der Waals surface area (Å²) in [4.78, 5) is 30.2. The van der Waals surface area contributed by atoms with Crippen LogP contribution in [0.3, 0.4) is 0 Å². The summed E-state index contributed by atoms with van der Waals surface area (Å²) in [7, 11) is 2.16. The van der Waals surface area contributed by atoms with E-state index in [1.807, 2.05) is 0 Å². The van der Waals surface area contributed by atoms with Gasteiger partial charge in [-0.2, -0.15) is 0 Å². The van der Waals surface area contributed by atoms with Crippen LogP contribution in [0.5, 0.6) is 0 Å². The van der Waals surface area contributed by atoms with E-state index < -0.39 is 12.4 Å². The molecule has 2 heterocycles. The van der Waals surface area contributed by atoms with Gasteiger partial charge in [0.1, 0.15) is 0 Å². The molecule has 25 heavy (non-hydrogen) atoms. The number of rotatable bonds is 6. The van der Waals surface area contributed by atoms with E-state index in [1.54, 1.807) is 6.92 Å². The first-order valence-corrected chi connectivity index (χ1v) is 9.15. The lowest BCUT2D eigenvalue weighted by molar-refractivity contribution is -0.169. The maximum absolute atomic E-state index is 12.0. The van der Waals surface area contributed by atoms with E-state index in [2.05, 4.69) is 26.5 Å². The Hall–Kier alpha value is -1.38. The first kappa shape index (κ1) is 19.9. The minimum absolute atomic E-state index is 0.224. The van der Waals surface area contributed by atoms with E-state index in [9.17, 15) is 9.59 Å². The molecule has 0 spiro atoms. The zero-order chi connectivity index (χ0) is 18.2. The molecule has 2 saturated heterocycles. The van der Waals surface area contributed by atoms with Crippen LogP contribution in [-0.2, 0) is 19.0 Å². The molecule has 2 aliphatic heterocycles. The van der Waals surface area contributed by atoms with E-state index in [4.69, 9.17) is 9.47 Å². The van der Waals surface area contributed by atoms with Crippen LogP contribution in [0.1, 0.15) is 26.7 Å². The van der Waals surface area contributed by atoms with Gasteiger partial charge in [0.2, 0.25) is 6.29 Å². The summed E-state index contributed by atoms with van der Waals surface area (Å²) >= 11 is 0. The van der Waals surface area contributed by atoms with Crippen molar-refractivity contribution in [1.82, 2.24) is 14.7 Å². The first-order chi connectivity index (χ1) is 12.0. The number of hydrogen-bond acceptors (Lipinski definition) is 8. The Labute approximate surface area is 150 Å². The second kappa shape index (κ2) is 9.94. The number of esters is 1. The van der Waals surface area contributed by atoms with Gasteiger partial charge in [-0.05, 0) is 26.8 Å². The fourth-order valence-corrected chi connectivity index (χ4v) is 3.35. The zero-order valence-corrected chi connectivity index (χ0v) is 15.6. The molecule has 2 rings (SSSR count). The highest BCUT2D eigenvalue weighted by Crippen LogP contribution is 2.18. The van der Waals surface area contributed by atoms with E-state index >= 15 is 0 Å². The molecule has 0 saturated carbocycles. The lowest BCUT2D eigenvalue weighted by Gasteiger charge is -2.41. The summed E-state index contributed by atoms with van der Waals surface area (Å²) in [6, 6.07) is 0.618. The van der Waals surface area contributed by atoms with Crippen LogP contribution >= 0.6 is 0 Å². The number of piperidine rings is 1. The van der Waals surface area contributed by atoms with Crippen LogP contribution in [0, 0.1) is 0 Å². The third-order valence-electron chi connectivity index (χ3n) is 4.79. The summed E-state index contributed by atoms with van der Waals surface area (Å²) < 4.78 is 14.6. The predicted octanol–water partition coefficient (Wildman–Crippen LogP) is 0.761. The molecule has 0 bridgehead atoms. The monoisotopic (exact) mass is 357 g/mol. The molecule has 1 atom stereocenters. The Morgan fingerprint density at radius 1 is 1.04 bits per heavy atom. The van der Waals surface area contributed by atoms with Crippen LogP contribution < -0.4 is 0 Å². The molecule has 0 aromatic heterocycles. The van der Waals surface area contributed by atoms with Crippen LogP contribution in [0.4, 0.5) is 4.79 Å². The van der Waals surface area contributed by atoms with Crippen molar-refractivity contribution in [2.24, 2.45) is 0 Å². The third kappa shape index (κ3) is 6.80. The Kier molecular flexibility index (Phi) is 7.92. The highest BCUT2D eigenvalue weighted by molar-refractivity contribution is 5.72. The highest BCUT2D eigenvalue weighted by Gasteiger charge is 2.28. The number of hydrogen-bond donors (Lipinski definition) is 0. The van der Waals surface area contributed by atoms with Gasteiger partial charge in [0.25, 0.3) is 0 Å². The van der Waals surface area contributed by atoms with Crippen molar-refractivity contribution in [3.05, 3.63) is 0 Å². The molecule has 0 amide bonds. The number of likely N-dealkylation sites (N-methyl/N-ethyl adjacent to an activating group) is 1. The zero-order valence-electron chi connectivity index (χ0n) is 15.6. The Bertz CT molecular complexity index is 432. The van der Waals surface area contributed by atoms with E-state index in [-0.39, 0.29) is 19.1 Å². The molecule has 0 radical (unpaired) electrons. The Morgan fingerprint density at radius 3 is 2.28 bits per heavy atom. The van der Waals surface area contributed by atoms with Gasteiger partial charge in [-0.15, -0.1) is 0 Å². The molecule has 0 N–H and O–H groups in total. The van der Waals surface area contributed by atoms with E-state index in [0.717, 1.165) is 52.1 Å². The SMILES string of the molecule is CCOC(=O)OC(C)OC(=O)CN1CCC(N2CCN(C)CC2)CC1. The normalized spacial score (nSPS) is 22.4. The minimum atomic E-state index is -0.936. The van der Waals surface area contributed by atoms with Gasteiger partial charge in [0.15, 0.2) is 0 Å². The fraction of sp³-hybridized carbons (Fsp3) is 0.882. The predicted molar refractivity (Wildman–Crippen MR) is 92.2 cm³/mol. The molecule has 1 unspecified atom stereocenters. The molecular weight excluding hydrogens is 326 g/mol. The number of likely N-dealkylation sites (tertiary alicyclic amines) is 1. The minimum Gasteiger partial charge on any atom is -0.435 e. The van der Waals surface area contributed by atoms with Gasteiger partial charge < -0.3 is 19.1 Å². The van der Waals surface area contributed by atoms with Crippen LogP contribution in [0.15, 0.2) is 0 Å². The van der Waals surface area contributed by atoms with E-state index in [1.165, 1.54) is 6.92 Å². The van der Waals surface area contributed by atoms with Crippen molar-refractivity contribution in [3.63, 3.8) is 0 Å². The molecule has 144 valence electrons. The van der Waals surface area contributed by atoms with Crippen molar-refractivity contribution >= 4 is 12.1 Å². The summed E-state index contributed by atoms with van der Waals surface area (Å²) in [5, 5.41) is 0. The fourth-order valence-electron chi connectivity index (χ4n) is 3.35. The van der Waals surface area contributed by atoms with Crippen molar-refractivity contribution < 1.29 is 23.8 Å². The second-order valence-corrected chi connectivity index (χ2v) is 6.70. The van der Waals surface area contributed by atoms with Gasteiger partial charge in [-0.3, -0.25) is 14.6 Å².